The number of rotatable bonds is 5. The fourth-order valence-electron chi connectivity index (χ4n) is 3.45. The van der Waals surface area contributed by atoms with Crippen LogP contribution < -0.4 is 16.6 Å². The van der Waals surface area contributed by atoms with E-state index in [9.17, 15) is 9.59 Å². The zero-order valence-electron chi connectivity index (χ0n) is 14.9. The van der Waals surface area contributed by atoms with Crippen LogP contribution in [0.3, 0.4) is 0 Å². The first kappa shape index (κ1) is 17.4. The third-order valence-corrected chi connectivity index (χ3v) is 5.34. The van der Waals surface area contributed by atoms with Crippen LogP contribution in [0.4, 0.5) is 0 Å². The summed E-state index contributed by atoms with van der Waals surface area (Å²) < 4.78 is 0. The van der Waals surface area contributed by atoms with E-state index in [2.05, 4.69) is 20.3 Å². The first-order chi connectivity index (χ1) is 13.1. The molecule has 3 aromatic rings. The van der Waals surface area contributed by atoms with Crippen LogP contribution in [0, 0.1) is 0 Å². The first-order valence-electron chi connectivity index (χ1n) is 9.03. The molecule has 0 aliphatic heterocycles. The number of fused-ring (bicyclic) bond motifs is 1. The van der Waals surface area contributed by atoms with Crippen LogP contribution in [-0.2, 0) is 12.0 Å². The summed E-state index contributed by atoms with van der Waals surface area (Å²) >= 11 is 0. The molecule has 1 amide bonds. The van der Waals surface area contributed by atoms with Crippen molar-refractivity contribution in [3.63, 3.8) is 0 Å². The molecule has 7 nitrogen and oxygen atoms in total. The van der Waals surface area contributed by atoms with Crippen LogP contribution in [0.2, 0.25) is 0 Å². The van der Waals surface area contributed by atoms with Gasteiger partial charge in [-0.15, -0.1) is 0 Å². The van der Waals surface area contributed by atoms with E-state index in [4.69, 9.17) is 5.73 Å². The fraction of sp³-hybridized carbons (Fsp3) is 0.300. The summed E-state index contributed by atoms with van der Waals surface area (Å²) in [4.78, 5) is 35.3. The van der Waals surface area contributed by atoms with E-state index in [1.807, 2.05) is 18.2 Å². The highest BCUT2D eigenvalue weighted by Gasteiger charge is 2.38. The van der Waals surface area contributed by atoms with E-state index in [0.717, 1.165) is 23.9 Å². The maximum absolute atomic E-state index is 12.4. The molecule has 27 heavy (non-hydrogen) atoms. The van der Waals surface area contributed by atoms with Crippen molar-refractivity contribution in [1.82, 2.24) is 20.3 Å². The number of carbonyl (C=O) groups excluding carboxylic acids is 1. The molecule has 1 fully saturated rings. The first-order valence-corrected chi connectivity index (χ1v) is 9.03. The van der Waals surface area contributed by atoms with Gasteiger partial charge in [0.2, 0.25) is 5.56 Å². The summed E-state index contributed by atoms with van der Waals surface area (Å²) in [5, 5.41) is 3.68. The normalized spacial score (nSPS) is 15.3. The Labute approximate surface area is 156 Å². The van der Waals surface area contributed by atoms with Crippen molar-refractivity contribution < 1.29 is 4.79 Å². The van der Waals surface area contributed by atoms with Crippen molar-refractivity contribution in [2.24, 2.45) is 5.73 Å². The van der Waals surface area contributed by atoms with Gasteiger partial charge in [0, 0.05) is 35.3 Å². The molecule has 7 heteroatoms. The molecule has 4 rings (SSSR count). The van der Waals surface area contributed by atoms with Gasteiger partial charge in [-0.25, -0.2) is 4.98 Å². The topological polar surface area (TPSA) is 114 Å². The van der Waals surface area contributed by atoms with Crippen molar-refractivity contribution in [3.05, 3.63) is 69.9 Å². The maximum atomic E-state index is 12.4. The van der Waals surface area contributed by atoms with Gasteiger partial charge >= 0.3 is 0 Å². The molecule has 0 saturated heterocycles. The second-order valence-corrected chi connectivity index (χ2v) is 7.02. The summed E-state index contributed by atoms with van der Waals surface area (Å²) in [6.07, 6.45) is 4.88. The van der Waals surface area contributed by atoms with Crippen LogP contribution in [0.5, 0.6) is 0 Å². The van der Waals surface area contributed by atoms with Crippen LogP contribution in [0.15, 0.2) is 47.4 Å². The van der Waals surface area contributed by atoms with Crippen molar-refractivity contribution in [2.45, 2.75) is 31.2 Å². The number of nitrogens with one attached hydrogen (secondary N) is 2. The molecule has 1 aliphatic rings. The van der Waals surface area contributed by atoms with E-state index in [-0.39, 0.29) is 23.4 Å². The number of H-pyrrole nitrogens is 1. The van der Waals surface area contributed by atoms with Crippen molar-refractivity contribution in [1.29, 1.82) is 0 Å². The summed E-state index contributed by atoms with van der Waals surface area (Å²) in [6, 6.07) is 10.6. The number of carbonyl (C=O) groups is 1. The molecule has 0 unspecified atom stereocenters. The summed E-state index contributed by atoms with van der Waals surface area (Å²) in [5.74, 6) is -0.215. The molecule has 0 aromatic carbocycles. The largest absolute Gasteiger partial charge is 0.346 e. The lowest BCUT2D eigenvalue weighted by Crippen LogP contribution is -2.42. The molecule has 138 valence electrons. The Balaban J connectivity index is 1.44. The number of hydrogen-bond acceptors (Lipinski definition) is 5. The molecule has 3 aromatic heterocycles. The highest BCUT2D eigenvalue weighted by Crippen LogP contribution is 2.41. The van der Waals surface area contributed by atoms with Crippen LogP contribution in [0.25, 0.3) is 11.0 Å². The lowest BCUT2D eigenvalue weighted by Gasteiger charge is -2.40. The number of aromatic nitrogens is 3. The summed E-state index contributed by atoms with van der Waals surface area (Å²) in [5.41, 5.74) is 8.33. The molecule has 0 atom stereocenters. The SMILES string of the molecule is NCC1(c2ccc(C(=O)NCc3ccc4ccc(=O)[nH]c4n3)cn2)CCC1. The number of nitrogens with two attached hydrogens (primary N) is 1. The second-order valence-electron chi connectivity index (χ2n) is 7.02. The highest BCUT2D eigenvalue weighted by atomic mass is 16.1. The van der Waals surface area contributed by atoms with Gasteiger partial charge in [0.15, 0.2) is 0 Å². The van der Waals surface area contributed by atoms with Gasteiger partial charge in [-0.05, 0) is 43.2 Å². The van der Waals surface area contributed by atoms with Crippen LogP contribution in [-0.4, -0.2) is 27.4 Å². The van der Waals surface area contributed by atoms with Gasteiger partial charge in [-0.2, -0.15) is 0 Å². The van der Waals surface area contributed by atoms with E-state index in [1.54, 1.807) is 18.3 Å². The van der Waals surface area contributed by atoms with Crippen molar-refractivity contribution in [3.8, 4) is 0 Å². The van der Waals surface area contributed by atoms with Crippen LogP contribution >= 0.6 is 0 Å². The standard InChI is InChI=1S/C20H21N5O2/c21-12-20(8-1-9-20)16-6-3-14(10-22-16)19(27)23-11-15-5-2-13-4-7-17(26)25-18(13)24-15/h2-7,10H,1,8-9,11-12,21H2,(H,23,27)(H,24,25,26). The molecular weight excluding hydrogens is 342 g/mol. The fourth-order valence-corrected chi connectivity index (χ4v) is 3.45. The average Bonchev–Trinajstić information content (AvgIpc) is 2.66. The minimum atomic E-state index is -0.215. The third-order valence-electron chi connectivity index (χ3n) is 5.34. The Hall–Kier alpha value is -3.06. The van der Waals surface area contributed by atoms with Crippen molar-refractivity contribution >= 4 is 16.9 Å². The Bertz CT molecular complexity index is 1030. The monoisotopic (exact) mass is 363 g/mol. The predicted molar refractivity (Wildman–Crippen MR) is 102 cm³/mol. The number of nitrogens with zero attached hydrogens (tertiary/aromatic N) is 2. The number of aromatic amines is 1. The summed E-state index contributed by atoms with van der Waals surface area (Å²) in [6.45, 7) is 0.849. The molecule has 3 heterocycles. The van der Waals surface area contributed by atoms with Gasteiger partial charge in [-0.1, -0.05) is 6.42 Å². The molecule has 0 radical (unpaired) electrons. The number of amides is 1. The van der Waals surface area contributed by atoms with Gasteiger partial charge in [-0.3, -0.25) is 14.6 Å². The number of pyridine rings is 3. The van der Waals surface area contributed by atoms with E-state index < -0.39 is 0 Å². The second kappa shape index (κ2) is 6.92. The molecule has 4 N–H and O–H groups in total. The Morgan fingerprint density at radius 3 is 2.67 bits per heavy atom. The zero-order chi connectivity index (χ0) is 18.9. The van der Waals surface area contributed by atoms with Gasteiger partial charge in [0.1, 0.15) is 5.65 Å². The minimum Gasteiger partial charge on any atom is -0.346 e. The minimum absolute atomic E-state index is 0.0130. The van der Waals surface area contributed by atoms with Crippen molar-refractivity contribution in [2.75, 3.05) is 6.54 Å². The molecule has 1 aliphatic carbocycles. The lowest BCUT2D eigenvalue weighted by molar-refractivity contribution is 0.0950. The molecule has 0 spiro atoms. The average molecular weight is 363 g/mol. The Morgan fingerprint density at radius 2 is 2.00 bits per heavy atom. The molecule has 0 bridgehead atoms. The predicted octanol–water partition coefficient (Wildman–Crippen LogP) is 1.63. The maximum Gasteiger partial charge on any atom is 0.253 e. The van der Waals surface area contributed by atoms with E-state index >= 15 is 0 Å². The van der Waals surface area contributed by atoms with E-state index in [0.29, 0.717) is 23.4 Å². The quantitative estimate of drug-likeness (QED) is 0.637. The third kappa shape index (κ3) is 3.33. The number of hydrogen-bond donors (Lipinski definition) is 3. The smallest absolute Gasteiger partial charge is 0.253 e. The lowest BCUT2D eigenvalue weighted by atomic mass is 9.66. The summed E-state index contributed by atoms with van der Waals surface area (Å²) in [7, 11) is 0. The van der Waals surface area contributed by atoms with Gasteiger partial charge in [0.25, 0.3) is 5.91 Å². The Morgan fingerprint density at radius 1 is 1.19 bits per heavy atom. The van der Waals surface area contributed by atoms with Gasteiger partial charge < -0.3 is 16.0 Å². The molecule has 1 saturated carbocycles. The zero-order valence-corrected chi connectivity index (χ0v) is 14.9. The Kier molecular flexibility index (Phi) is 4.45. The van der Waals surface area contributed by atoms with Crippen LogP contribution in [0.1, 0.15) is 41.0 Å². The van der Waals surface area contributed by atoms with Gasteiger partial charge in [0.05, 0.1) is 17.8 Å². The van der Waals surface area contributed by atoms with E-state index in [1.165, 1.54) is 12.5 Å². The highest BCUT2D eigenvalue weighted by molar-refractivity contribution is 5.93. The molecular formula is C20H21N5O2.